The molecule has 0 saturated heterocycles. The second kappa shape index (κ2) is 5.11. The van der Waals surface area contributed by atoms with E-state index in [0.29, 0.717) is 0 Å². The Morgan fingerprint density at radius 2 is 2.13 bits per heavy atom. The van der Waals surface area contributed by atoms with E-state index in [1.807, 2.05) is 19.9 Å². The van der Waals surface area contributed by atoms with Gasteiger partial charge in [-0.15, -0.1) is 0 Å². The molecule has 0 spiro atoms. The van der Waals surface area contributed by atoms with Crippen LogP contribution in [0.25, 0.3) is 0 Å². The van der Waals surface area contributed by atoms with E-state index in [0.717, 1.165) is 16.5 Å². The van der Waals surface area contributed by atoms with Gasteiger partial charge in [0.15, 0.2) is 0 Å². The minimum absolute atomic E-state index is 0.242. The van der Waals surface area contributed by atoms with Crippen molar-refractivity contribution in [3.8, 4) is 0 Å². The van der Waals surface area contributed by atoms with Gasteiger partial charge >= 0.3 is 5.97 Å². The highest BCUT2D eigenvalue weighted by Gasteiger charge is 2.15. The minimum atomic E-state index is -0.247. The fourth-order valence-corrected chi connectivity index (χ4v) is 2.12. The van der Waals surface area contributed by atoms with Gasteiger partial charge in [0.05, 0.1) is 7.11 Å². The third-order valence-corrected chi connectivity index (χ3v) is 2.77. The fraction of sp³-hybridized carbons (Fsp3) is 0.500. The molecule has 1 rings (SSSR count). The Labute approximate surface area is 93.5 Å². The van der Waals surface area contributed by atoms with Crippen LogP contribution >= 0.6 is 11.8 Å². The van der Waals surface area contributed by atoms with Crippen LogP contribution in [0, 0.1) is 13.8 Å². The van der Waals surface area contributed by atoms with Crippen molar-refractivity contribution in [2.75, 3.05) is 7.11 Å². The molecule has 0 aliphatic rings. The monoisotopic (exact) mass is 226 g/mol. The molecule has 1 heterocycles. The summed E-state index contributed by atoms with van der Waals surface area (Å²) in [5.41, 5.74) is 0.905. The highest BCUT2D eigenvalue weighted by molar-refractivity contribution is 8.00. The molecule has 0 aliphatic heterocycles. The first kappa shape index (κ1) is 12.0. The summed E-state index contributed by atoms with van der Waals surface area (Å²) >= 11 is 1.38. The van der Waals surface area contributed by atoms with Gasteiger partial charge in [0.2, 0.25) is 0 Å². The summed E-state index contributed by atoms with van der Waals surface area (Å²) in [5, 5.41) is 0.557. The number of aryl methyl sites for hydroxylation is 2. The number of rotatable bonds is 3. The van der Waals surface area contributed by atoms with Crippen LogP contribution in [0.2, 0.25) is 0 Å². The van der Waals surface area contributed by atoms with Crippen molar-refractivity contribution in [1.29, 1.82) is 0 Å². The predicted molar refractivity (Wildman–Crippen MR) is 58.8 cm³/mol. The average Bonchev–Trinajstić information content (AvgIpc) is 2.14. The van der Waals surface area contributed by atoms with E-state index >= 15 is 0 Å². The maximum atomic E-state index is 11.2. The van der Waals surface area contributed by atoms with Crippen LogP contribution in [0.3, 0.4) is 0 Å². The Hall–Kier alpha value is -1.10. The number of hydrogen-bond donors (Lipinski definition) is 0. The van der Waals surface area contributed by atoms with E-state index in [2.05, 4.69) is 14.7 Å². The van der Waals surface area contributed by atoms with E-state index in [-0.39, 0.29) is 11.2 Å². The molecule has 0 radical (unpaired) electrons. The quantitative estimate of drug-likeness (QED) is 0.446. The van der Waals surface area contributed by atoms with Crippen LogP contribution in [0.1, 0.15) is 18.4 Å². The number of esters is 1. The van der Waals surface area contributed by atoms with Gasteiger partial charge in [0.1, 0.15) is 16.1 Å². The molecule has 1 unspecified atom stereocenters. The first-order valence-corrected chi connectivity index (χ1v) is 5.47. The lowest BCUT2D eigenvalue weighted by molar-refractivity contribution is -0.139. The summed E-state index contributed by atoms with van der Waals surface area (Å²) < 4.78 is 4.64. The molecule has 0 N–H and O–H groups in total. The molecule has 0 saturated carbocycles. The van der Waals surface area contributed by atoms with Crippen molar-refractivity contribution in [2.24, 2.45) is 0 Å². The first-order valence-electron chi connectivity index (χ1n) is 4.59. The lowest BCUT2D eigenvalue weighted by Gasteiger charge is -2.08. The number of ether oxygens (including phenoxy) is 1. The van der Waals surface area contributed by atoms with Crippen molar-refractivity contribution >= 4 is 17.7 Å². The molecule has 0 aromatic carbocycles. The molecule has 0 amide bonds. The van der Waals surface area contributed by atoms with Crippen molar-refractivity contribution < 1.29 is 9.53 Å². The zero-order valence-electron chi connectivity index (χ0n) is 9.27. The number of carbonyl (C=O) groups excluding carboxylic acids is 1. The summed E-state index contributed by atoms with van der Waals surface area (Å²) in [6.45, 7) is 5.53. The van der Waals surface area contributed by atoms with Crippen LogP contribution in [-0.2, 0) is 9.53 Å². The molecule has 1 aromatic heterocycles. The number of hydrogen-bond acceptors (Lipinski definition) is 5. The number of nitrogens with zero attached hydrogens (tertiary/aromatic N) is 2. The van der Waals surface area contributed by atoms with Gasteiger partial charge < -0.3 is 4.74 Å². The molecule has 0 fully saturated rings. The Balaban J connectivity index is 2.76. The molecule has 1 atom stereocenters. The molecule has 82 valence electrons. The molecule has 1 aromatic rings. The minimum Gasteiger partial charge on any atom is -0.468 e. The average molecular weight is 226 g/mol. The summed E-state index contributed by atoms with van der Waals surface area (Å²) in [6.07, 6.45) is 0. The lowest BCUT2D eigenvalue weighted by Crippen LogP contribution is -2.14. The molecular weight excluding hydrogens is 212 g/mol. The fourth-order valence-electron chi connectivity index (χ4n) is 1.14. The van der Waals surface area contributed by atoms with E-state index in [1.165, 1.54) is 18.9 Å². The summed E-state index contributed by atoms with van der Waals surface area (Å²) in [5.74, 6) is 0.475. The molecule has 15 heavy (non-hydrogen) atoms. The number of aromatic nitrogens is 2. The molecule has 5 heteroatoms. The summed E-state index contributed by atoms with van der Waals surface area (Å²) in [6, 6.07) is 1.86. The van der Waals surface area contributed by atoms with Crippen molar-refractivity contribution in [2.45, 2.75) is 31.0 Å². The highest BCUT2D eigenvalue weighted by atomic mass is 32.2. The molecule has 0 bridgehead atoms. The Morgan fingerprint density at radius 1 is 1.47 bits per heavy atom. The van der Waals surface area contributed by atoms with Crippen molar-refractivity contribution in [3.63, 3.8) is 0 Å². The van der Waals surface area contributed by atoms with Gasteiger partial charge in [-0.05, 0) is 26.8 Å². The van der Waals surface area contributed by atoms with Crippen LogP contribution in [0.5, 0.6) is 0 Å². The van der Waals surface area contributed by atoms with Gasteiger partial charge in [0, 0.05) is 5.69 Å². The van der Waals surface area contributed by atoms with Crippen LogP contribution < -0.4 is 0 Å². The number of methoxy groups -OCH3 is 1. The normalized spacial score (nSPS) is 12.3. The predicted octanol–water partition coefficient (Wildman–Crippen LogP) is 1.75. The molecule has 4 nitrogen and oxygen atoms in total. The van der Waals surface area contributed by atoms with E-state index in [4.69, 9.17) is 0 Å². The second-order valence-corrected chi connectivity index (χ2v) is 4.54. The third kappa shape index (κ3) is 3.51. The Kier molecular flexibility index (Phi) is 4.08. The smallest absolute Gasteiger partial charge is 0.318 e. The summed E-state index contributed by atoms with van der Waals surface area (Å²) in [7, 11) is 1.38. The van der Waals surface area contributed by atoms with E-state index < -0.39 is 0 Å². The SMILES string of the molecule is COC(=O)C(C)Sc1cc(C)nc(C)n1. The maximum Gasteiger partial charge on any atom is 0.318 e. The highest BCUT2D eigenvalue weighted by Crippen LogP contribution is 2.22. The van der Waals surface area contributed by atoms with Gasteiger partial charge in [-0.25, -0.2) is 9.97 Å². The van der Waals surface area contributed by atoms with Crippen LogP contribution in [-0.4, -0.2) is 28.3 Å². The topological polar surface area (TPSA) is 52.1 Å². The van der Waals surface area contributed by atoms with Crippen LogP contribution in [0.15, 0.2) is 11.1 Å². The maximum absolute atomic E-state index is 11.2. The van der Waals surface area contributed by atoms with Gasteiger partial charge in [0.25, 0.3) is 0 Å². The Morgan fingerprint density at radius 3 is 2.67 bits per heavy atom. The molecule has 0 aliphatic carbocycles. The first-order chi connectivity index (χ1) is 7.02. The second-order valence-electron chi connectivity index (χ2n) is 3.18. The third-order valence-electron chi connectivity index (χ3n) is 1.77. The summed E-state index contributed by atoms with van der Waals surface area (Å²) in [4.78, 5) is 19.6. The Bertz CT molecular complexity index is 348. The standard InChI is InChI=1S/C10H14N2O2S/c1-6-5-9(12-8(3)11-6)15-7(2)10(13)14-4/h5,7H,1-4H3. The van der Waals surface area contributed by atoms with Crippen molar-refractivity contribution in [3.05, 3.63) is 17.6 Å². The van der Waals surface area contributed by atoms with Crippen molar-refractivity contribution in [1.82, 2.24) is 9.97 Å². The zero-order valence-corrected chi connectivity index (χ0v) is 10.1. The van der Waals surface area contributed by atoms with E-state index in [1.54, 1.807) is 6.92 Å². The van der Waals surface area contributed by atoms with E-state index in [9.17, 15) is 4.79 Å². The van der Waals surface area contributed by atoms with Crippen LogP contribution in [0.4, 0.5) is 0 Å². The lowest BCUT2D eigenvalue weighted by atomic mass is 10.4. The zero-order chi connectivity index (χ0) is 11.4. The number of thioether (sulfide) groups is 1. The number of carbonyl (C=O) groups is 1. The molecular formula is C10H14N2O2S. The van der Waals surface area contributed by atoms with Gasteiger partial charge in [-0.2, -0.15) is 0 Å². The van der Waals surface area contributed by atoms with Gasteiger partial charge in [-0.1, -0.05) is 11.8 Å². The van der Waals surface area contributed by atoms with Gasteiger partial charge in [-0.3, -0.25) is 4.79 Å². The largest absolute Gasteiger partial charge is 0.468 e.